The molecule has 0 aliphatic rings. The lowest BCUT2D eigenvalue weighted by Crippen LogP contribution is -2.03. The quantitative estimate of drug-likeness (QED) is 0.494. The minimum Gasteiger partial charge on any atom is -0.444 e. The van der Waals surface area contributed by atoms with Crippen LogP contribution < -0.4 is 5.32 Å². The van der Waals surface area contributed by atoms with E-state index >= 15 is 0 Å². The number of nitro benzene ring substituents is 1. The Morgan fingerprint density at radius 2 is 2.30 bits per heavy atom. The van der Waals surface area contributed by atoms with Crippen LogP contribution in [0, 0.1) is 10.1 Å². The number of carbonyl (C=O) groups is 1. The zero-order valence-corrected chi connectivity index (χ0v) is 10.8. The molecule has 1 heterocycles. The number of benzene rings is 1. The number of aldehydes is 1. The maximum absolute atomic E-state index is 11.0. The van der Waals surface area contributed by atoms with Gasteiger partial charge in [0.15, 0.2) is 0 Å². The standard InChI is InChI=1S/C13H13N3O4/c1-2-10-6-15-13(20-10)7-14-11-4-3-9(8-17)5-12(11)16(18)19/h3-6,8,14H,2,7H2,1H3. The number of nitrogens with one attached hydrogen (secondary N) is 1. The molecule has 0 atom stereocenters. The van der Waals surface area contributed by atoms with E-state index in [0.29, 0.717) is 17.9 Å². The molecule has 0 aliphatic heterocycles. The summed E-state index contributed by atoms with van der Waals surface area (Å²) in [5.41, 5.74) is 0.417. The predicted octanol–water partition coefficient (Wildman–Crippen LogP) is 2.57. The molecule has 2 aromatic rings. The monoisotopic (exact) mass is 275 g/mol. The van der Waals surface area contributed by atoms with Gasteiger partial charge in [0.1, 0.15) is 17.7 Å². The molecule has 0 amide bonds. The van der Waals surface area contributed by atoms with Crippen LogP contribution in [0.4, 0.5) is 11.4 Å². The summed E-state index contributed by atoms with van der Waals surface area (Å²) in [5.74, 6) is 1.21. The SMILES string of the molecule is CCc1cnc(CNc2ccc(C=O)cc2[N+](=O)[O-])o1. The van der Waals surface area contributed by atoms with Gasteiger partial charge in [-0.15, -0.1) is 0 Å². The molecule has 104 valence electrons. The maximum Gasteiger partial charge on any atom is 0.293 e. The first kappa shape index (κ1) is 13.7. The third-order valence-corrected chi connectivity index (χ3v) is 2.73. The molecule has 0 radical (unpaired) electrons. The molecule has 7 heteroatoms. The number of rotatable bonds is 6. The predicted molar refractivity (Wildman–Crippen MR) is 71.7 cm³/mol. The molecule has 1 N–H and O–H groups in total. The molecule has 0 saturated carbocycles. The van der Waals surface area contributed by atoms with E-state index in [1.807, 2.05) is 6.92 Å². The maximum atomic E-state index is 11.0. The highest BCUT2D eigenvalue weighted by molar-refractivity contribution is 5.79. The average Bonchev–Trinajstić information content (AvgIpc) is 2.92. The van der Waals surface area contributed by atoms with Crippen LogP contribution in [0.3, 0.4) is 0 Å². The molecule has 0 aliphatic carbocycles. The lowest BCUT2D eigenvalue weighted by Gasteiger charge is -2.05. The molecule has 0 bridgehead atoms. The first-order valence-electron chi connectivity index (χ1n) is 6.05. The topological polar surface area (TPSA) is 98.3 Å². The molecule has 20 heavy (non-hydrogen) atoms. The van der Waals surface area contributed by atoms with Crippen molar-refractivity contribution in [1.82, 2.24) is 4.98 Å². The second-order valence-corrected chi connectivity index (χ2v) is 4.08. The second kappa shape index (κ2) is 5.96. The summed E-state index contributed by atoms with van der Waals surface area (Å²) in [5, 5.41) is 13.8. The zero-order valence-electron chi connectivity index (χ0n) is 10.8. The minimum atomic E-state index is -0.539. The summed E-state index contributed by atoms with van der Waals surface area (Å²) in [6, 6.07) is 4.23. The normalized spacial score (nSPS) is 10.2. The molecular weight excluding hydrogens is 262 g/mol. The zero-order chi connectivity index (χ0) is 14.5. The first-order chi connectivity index (χ1) is 9.63. The summed E-state index contributed by atoms with van der Waals surface area (Å²) in [6.45, 7) is 2.18. The van der Waals surface area contributed by atoms with Gasteiger partial charge in [-0.25, -0.2) is 4.98 Å². The van der Waals surface area contributed by atoms with Crippen molar-refractivity contribution in [3.05, 3.63) is 51.7 Å². The van der Waals surface area contributed by atoms with E-state index in [-0.39, 0.29) is 17.8 Å². The Morgan fingerprint density at radius 3 is 2.90 bits per heavy atom. The summed E-state index contributed by atoms with van der Waals surface area (Å²) in [7, 11) is 0. The number of oxazole rings is 1. The number of carbonyl (C=O) groups excluding carboxylic acids is 1. The van der Waals surface area contributed by atoms with Crippen molar-refractivity contribution in [2.24, 2.45) is 0 Å². The molecule has 0 unspecified atom stereocenters. The summed E-state index contributed by atoms with van der Waals surface area (Å²) >= 11 is 0. The molecule has 1 aromatic heterocycles. The fraction of sp³-hybridized carbons (Fsp3) is 0.231. The molecule has 2 rings (SSSR count). The van der Waals surface area contributed by atoms with Crippen molar-refractivity contribution in [2.45, 2.75) is 19.9 Å². The van der Waals surface area contributed by atoms with E-state index < -0.39 is 4.92 Å². The van der Waals surface area contributed by atoms with Crippen molar-refractivity contribution in [3.63, 3.8) is 0 Å². The summed E-state index contributed by atoms with van der Waals surface area (Å²) < 4.78 is 5.40. The Balaban J connectivity index is 2.16. The lowest BCUT2D eigenvalue weighted by atomic mass is 10.2. The van der Waals surface area contributed by atoms with Gasteiger partial charge in [0.05, 0.1) is 17.7 Å². The van der Waals surface area contributed by atoms with Gasteiger partial charge in [-0.2, -0.15) is 0 Å². The highest BCUT2D eigenvalue weighted by Crippen LogP contribution is 2.25. The molecule has 0 spiro atoms. The largest absolute Gasteiger partial charge is 0.444 e. The van der Waals surface area contributed by atoms with Crippen LogP contribution in [-0.2, 0) is 13.0 Å². The molecule has 1 aromatic carbocycles. The van der Waals surface area contributed by atoms with Crippen LogP contribution in [0.1, 0.15) is 28.9 Å². The summed E-state index contributed by atoms with van der Waals surface area (Å²) in [4.78, 5) is 25.1. The third-order valence-electron chi connectivity index (χ3n) is 2.73. The number of hydrogen-bond donors (Lipinski definition) is 1. The van der Waals surface area contributed by atoms with Gasteiger partial charge >= 0.3 is 0 Å². The number of hydrogen-bond acceptors (Lipinski definition) is 6. The number of anilines is 1. The highest BCUT2D eigenvalue weighted by Gasteiger charge is 2.15. The average molecular weight is 275 g/mol. The van der Waals surface area contributed by atoms with E-state index in [9.17, 15) is 14.9 Å². The van der Waals surface area contributed by atoms with Crippen LogP contribution in [0.15, 0.2) is 28.8 Å². The van der Waals surface area contributed by atoms with Gasteiger partial charge in [-0.1, -0.05) is 6.92 Å². The molecule has 7 nitrogen and oxygen atoms in total. The van der Waals surface area contributed by atoms with Gasteiger partial charge in [-0.05, 0) is 12.1 Å². The Hall–Kier alpha value is -2.70. The Morgan fingerprint density at radius 1 is 1.50 bits per heavy atom. The van der Waals surface area contributed by atoms with Crippen LogP contribution in [-0.4, -0.2) is 16.2 Å². The van der Waals surface area contributed by atoms with Gasteiger partial charge in [0, 0.05) is 18.1 Å². The number of nitrogens with zero attached hydrogens (tertiary/aromatic N) is 2. The van der Waals surface area contributed by atoms with E-state index in [1.54, 1.807) is 6.20 Å². The number of nitro groups is 1. The molecular formula is C13H13N3O4. The van der Waals surface area contributed by atoms with Gasteiger partial charge in [0.25, 0.3) is 5.69 Å². The minimum absolute atomic E-state index is 0.156. The van der Waals surface area contributed by atoms with E-state index in [4.69, 9.17) is 4.42 Å². The second-order valence-electron chi connectivity index (χ2n) is 4.08. The van der Waals surface area contributed by atoms with E-state index in [0.717, 1.165) is 12.2 Å². The Labute approximate surface area is 114 Å². The van der Waals surface area contributed by atoms with Gasteiger partial charge in [-0.3, -0.25) is 14.9 Å². The van der Waals surface area contributed by atoms with Crippen LogP contribution in [0.25, 0.3) is 0 Å². The molecule has 0 saturated heterocycles. The fourth-order valence-electron chi connectivity index (χ4n) is 1.69. The van der Waals surface area contributed by atoms with Crippen molar-refractivity contribution >= 4 is 17.7 Å². The molecule has 0 fully saturated rings. The third kappa shape index (κ3) is 3.00. The van der Waals surface area contributed by atoms with Crippen LogP contribution in [0.5, 0.6) is 0 Å². The van der Waals surface area contributed by atoms with E-state index in [1.165, 1.54) is 18.2 Å². The number of aryl methyl sites for hydroxylation is 1. The van der Waals surface area contributed by atoms with Crippen molar-refractivity contribution in [2.75, 3.05) is 5.32 Å². The smallest absolute Gasteiger partial charge is 0.293 e. The van der Waals surface area contributed by atoms with E-state index in [2.05, 4.69) is 10.3 Å². The van der Waals surface area contributed by atoms with Crippen LogP contribution >= 0.6 is 0 Å². The Kier molecular flexibility index (Phi) is 4.09. The van der Waals surface area contributed by atoms with Crippen molar-refractivity contribution < 1.29 is 14.1 Å². The van der Waals surface area contributed by atoms with Crippen molar-refractivity contribution in [3.8, 4) is 0 Å². The van der Waals surface area contributed by atoms with Gasteiger partial charge < -0.3 is 9.73 Å². The highest BCUT2D eigenvalue weighted by atomic mass is 16.6. The lowest BCUT2D eigenvalue weighted by molar-refractivity contribution is -0.384. The number of aromatic nitrogens is 1. The first-order valence-corrected chi connectivity index (χ1v) is 6.05. The van der Waals surface area contributed by atoms with Crippen LogP contribution in [0.2, 0.25) is 0 Å². The van der Waals surface area contributed by atoms with Gasteiger partial charge in [0.2, 0.25) is 5.89 Å². The summed E-state index contributed by atoms with van der Waals surface area (Å²) in [6.07, 6.45) is 2.93. The Bertz CT molecular complexity index is 636. The van der Waals surface area contributed by atoms with Crippen molar-refractivity contribution in [1.29, 1.82) is 0 Å². The fourth-order valence-corrected chi connectivity index (χ4v) is 1.69.